The van der Waals surface area contributed by atoms with Crippen LogP contribution >= 0.6 is 0 Å². The van der Waals surface area contributed by atoms with Gasteiger partial charge < -0.3 is 10.2 Å². The summed E-state index contributed by atoms with van der Waals surface area (Å²) in [6.07, 6.45) is 3.17. The van der Waals surface area contributed by atoms with Gasteiger partial charge in [0, 0.05) is 70.7 Å². The number of hydrogen-bond donors (Lipinski definition) is 3. The van der Waals surface area contributed by atoms with Crippen LogP contribution in [0.4, 0.5) is 0 Å². The standard InChI is InChI=1S/C16H31N5O2/c1-14(22)11-19-3-4-20(12-15(2)23)6-8-21(7-5-19)13-16-9-17-18-10-16/h9-10,14-15,22-23H,3-8,11-13H2,1-2H3,(H,17,18)/t14-,15-/m0/s1. The third-order valence-corrected chi connectivity index (χ3v) is 4.20. The van der Waals surface area contributed by atoms with Gasteiger partial charge in [-0.2, -0.15) is 5.10 Å². The van der Waals surface area contributed by atoms with E-state index in [0.717, 1.165) is 45.8 Å². The quantitative estimate of drug-likeness (QED) is 0.660. The predicted octanol–water partition coefficient (Wildman–Crippen LogP) is -0.409. The molecule has 0 saturated carbocycles. The zero-order valence-electron chi connectivity index (χ0n) is 14.4. The highest BCUT2D eigenvalue weighted by atomic mass is 16.3. The molecule has 0 bridgehead atoms. The lowest BCUT2D eigenvalue weighted by molar-refractivity contribution is 0.102. The average Bonchev–Trinajstić information content (AvgIpc) is 2.99. The van der Waals surface area contributed by atoms with Gasteiger partial charge in [-0.3, -0.25) is 19.8 Å². The molecule has 0 radical (unpaired) electrons. The molecule has 2 heterocycles. The van der Waals surface area contributed by atoms with Crippen LogP contribution in [0.5, 0.6) is 0 Å². The Bertz CT molecular complexity index is 402. The van der Waals surface area contributed by atoms with Crippen LogP contribution < -0.4 is 0 Å². The number of rotatable bonds is 6. The van der Waals surface area contributed by atoms with Crippen LogP contribution in [0.2, 0.25) is 0 Å². The lowest BCUT2D eigenvalue weighted by Crippen LogP contribution is -2.41. The summed E-state index contributed by atoms with van der Waals surface area (Å²) in [6, 6.07) is 0. The molecule has 1 aliphatic rings. The number of H-pyrrole nitrogens is 1. The third-order valence-electron chi connectivity index (χ3n) is 4.20. The van der Waals surface area contributed by atoms with Gasteiger partial charge >= 0.3 is 0 Å². The smallest absolute Gasteiger partial charge is 0.0639 e. The summed E-state index contributed by atoms with van der Waals surface area (Å²) in [4.78, 5) is 7.04. The highest BCUT2D eigenvalue weighted by Crippen LogP contribution is 2.06. The first-order chi connectivity index (χ1) is 11.0. The largest absolute Gasteiger partial charge is 0.392 e. The van der Waals surface area contributed by atoms with Crippen molar-refractivity contribution >= 4 is 0 Å². The highest BCUT2D eigenvalue weighted by molar-refractivity contribution is 5.02. The molecule has 0 aliphatic carbocycles. The van der Waals surface area contributed by atoms with Crippen molar-refractivity contribution in [2.45, 2.75) is 32.6 Å². The van der Waals surface area contributed by atoms with Crippen LogP contribution in [0.1, 0.15) is 19.4 Å². The Balaban J connectivity index is 1.97. The van der Waals surface area contributed by atoms with Gasteiger partial charge in [0.2, 0.25) is 0 Å². The second kappa shape index (κ2) is 9.34. The number of aliphatic hydroxyl groups excluding tert-OH is 2. The van der Waals surface area contributed by atoms with Crippen molar-refractivity contribution in [2.75, 3.05) is 52.4 Å². The Hall–Kier alpha value is -0.990. The average molecular weight is 325 g/mol. The fraction of sp³-hybridized carbons (Fsp3) is 0.812. The second-order valence-corrected chi connectivity index (χ2v) is 6.68. The molecule has 3 N–H and O–H groups in total. The molecule has 7 nitrogen and oxygen atoms in total. The predicted molar refractivity (Wildman–Crippen MR) is 90.1 cm³/mol. The zero-order valence-corrected chi connectivity index (χ0v) is 14.4. The number of aromatic nitrogens is 2. The Morgan fingerprint density at radius 2 is 1.43 bits per heavy atom. The molecule has 1 aliphatic heterocycles. The Morgan fingerprint density at radius 1 is 0.957 bits per heavy atom. The van der Waals surface area contributed by atoms with E-state index < -0.39 is 0 Å². The van der Waals surface area contributed by atoms with Gasteiger partial charge in [0.25, 0.3) is 0 Å². The maximum Gasteiger partial charge on any atom is 0.0639 e. The fourth-order valence-electron chi connectivity index (χ4n) is 3.08. The number of aromatic amines is 1. The van der Waals surface area contributed by atoms with Crippen LogP contribution in [0, 0.1) is 0 Å². The zero-order chi connectivity index (χ0) is 16.7. The maximum atomic E-state index is 9.70. The highest BCUT2D eigenvalue weighted by Gasteiger charge is 2.18. The number of aliphatic hydroxyl groups is 2. The summed E-state index contributed by atoms with van der Waals surface area (Å²) >= 11 is 0. The van der Waals surface area contributed by atoms with Crippen molar-refractivity contribution < 1.29 is 10.2 Å². The molecule has 23 heavy (non-hydrogen) atoms. The van der Waals surface area contributed by atoms with Crippen molar-refractivity contribution in [3.05, 3.63) is 18.0 Å². The first-order valence-corrected chi connectivity index (χ1v) is 8.54. The molecule has 1 fully saturated rings. The van der Waals surface area contributed by atoms with Crippen molar-refractivity contribution in [1.29, 1.82) is 0 Å². The van der Waals surface area contributed by atoms with E-state index >= 15 is 0 Å². The van der Waals surface area contributed by atoms with E-state index in [1.807, 2.05) is 26.2 Å². The monoisotopic (exact) mass is 325 g/mol. The van der Waals surface area contributed by atoms with Crippen molar-refractivity contribution in [3.63, 3.8) is 0 Å². The molecule has 2 rings (SSSR count). The minimum Gasteiger partial charge on any atom is -0.392 e. The topological polar surface area (TPSA) is 78.9 Å². The van der Waals surface area contributed by atoms with Gasteiger partial charge in [0.15, 0.2) is 0 Å². The Kier molecular flexibility index (Phi) is 7.45. The van der Waals surface area contributed by atoms with Crippen molar-refractivity contribution in [1.82, 2.24) is 24.9 Å². The minimum atomic E-state index is -0.316. The third kappa shape index (κ3) is 6.97. The first-order valence-electron chi connectivity index (χ1n) is 8.54. The fourth-order valence-corrected chi connectivity index (χ4v) is 3.08. The summed E-state index contributed by atoms with van der Waals surface area (Å²) < 4.78 is 0. The molecular formula is C16H31N5O2. The molecule has 0 aromatic carbocycles. The summed E-state index contributed by atoms with van der Waals surface area (Å²) in [6.45, 7) is 11.6. The van der Waals surface area contributed by atoms with E-state index in [2.05, 4.69) is 24.9 Å². The van der Waals surface area contributed by atoms with E-state index in [4.69, 9.17) is 0 Å². The van der Waals surface area contributed by atoms with Gasteiger partial charge in [0.1, 0.15) is 0 Å². The molecule has 132 valence electrons. The molecule has 0 spiro atoms. The second-order valence-electron chi connectivity index (χ2n) is 6.68. The van der Waals surface area contributed by atoms with Crippen molar-refractivity contribution in [2.24, 2.45) is 0 Å². The number of hydrogen-bond acceptors (Lipinski definition) is 6. The van der Waals surface area contributed by atoms with Crippen LogP contribution in [-0.4, -0.2) is 99.7 Å². The molecule has 1 saturated heterocycles. The van der Waals surface area contributed by atoms with E-state index in [-0.39, 0.29) is 12.2 Å². The van der Waals surface area contributed by atoms with Gasteiger partial charge in [-0.1, -0.05) is 0 Å². The molecule has 1 aromatic rings. The maximum absolute atomic E-state index is 9.70. The molecule has 7 heteroatoms. The lowest BCUT2D eigenvalue weighted by Gasteiger charge is -2.27. The van der Waals surface area contributed by atoms with Gasteiger partial charge in [-0.05, 0) is 13.8 Å². The SMILES string of the molecule is C[C@H](O)CN1CCN(Cc2cn[nH]c2)CCN(C[C@H](C)O)CC1. The van der Waals surface area contributed by atoms with Gasteiger partial charge in [0.05, 0.1) is 18.4 Å². The number of nitrogens with zero attached hydrogens (tertiary/aromatic N) is 4. The van der Waals surface area contributed by atoms with Gasteiger partial charge in [-0.25, -0.2) is 0 Å². The Labute approximate surface area is 138 Å². The number of β-amino-alcohol motifs (C(OH)–C–C–N with tert-alkyl or cyclic N) is 2. The van der Waals surface area contributed by atoms with Crippen LogP contribution in [-0.2, 0) is 6.54 Å². The summed E-state index contributed by atoms with van der Waals surface area (Å²) in [5, 5.41) is 26.3. The normalized spacial score (nSPS) is 22.3. The summed E-state index contributed by atoms with van der Waals surface area (Å²) in [5.74, 6) is 0. The molecule has 2 atom stereocenters. The van der Waals surface area contributed by atoms with Crippen LogP contribution in [0.15, 0.2) is 12.4 Å². The van der Waals surface area contributed by atoms with E-state index in [9.17, 15) is 10.2 Å². The van der Waals surface area contributed by atoms with Crippen molar-refractivity contribution in [3.8, 4) is 0 Å². The molecule has 0 amide bonds. The summed E-state index contributed by atoms with van der Waals surface area (Å²) in [7, 11) is 0. The van der Waals surface area contributed by atoms with Crippen LogP contribution in [0.3, 0.4) is 0 Å². The number of nitrogens with one attached hydrogen (secondary N) is 1. The lowest BCUT2D eigenvalue weighted by atomic mass is 10.3. The van der Waals surface area contributed by atoms with E-state index in [1.54, 1.807) is 0 Å². The van der Waals surface area contributed by atoms with E-state index in [1.165, 1.54) is 5.56 Å². The first kappa shape index (κ1) is 18.4. The minimum absolute atomic E-state index is 0.316. The molecular weight excluding hydrogens is 294 g/mol. The Morgan fingerprint density at radius 3 is 1.83 bits per heavy atom. The van der Waals surface area contributed by atoms with E-state index in [0.29, 0.717) is 13.1 Å². The summed E-state index contributed by atoms with van der Waals surface area (Å²) in [5.41, 5.74) is 1.19. The van der Waals surface area contributed by atoms with Crippen LogP contribution in [0.25, 0.3) is 0 Å². The molecule has 1 aromatic heterocycles. The van der Waals surface area contributed by atoms with Gasteiger partial charge in [-0.15, -0.1) is 0 Å². The molecule has 0 unspecified atom stereocenters.